The van der Waals surface area contributed by atoms with Crippen LogP contribution in [0.15, 0.2) is 30.6 Å². The van der Waals surface area contributed by atoms with Crippen molar-refractivity contribution >= 4 is 20.0 Å². The summed E-state index contributed by atoms with van der Waals surface area (Å²) in [6.45, 7) is 2.00. The van der Waals surface area contributed by atoms with Gasteiger partial charge in [-0.3, -0.25) is 0 Å². The molecule has 0 aliphatic heterocycles. The van der Waals surface area contributed by atoms with Gasteiger partial charge in [0.05, 0.1) is 0 Å². The van der Waals surface area contributed by atoms with Gasteiger partial charge in [-0.05, 0) is 0 Å². The molecule has 1 atom stereocenters. The molecule has 0 amide bonds. The molecule has 0 aromatic carbocycles. The summed E-state index contributed by atoms with van der Waals surface area (Å²) in [5.74, 6) is 0. The van der Waals surface area contributed by atoms with Crippen molar-refractivity contribution in [2.24, 2.45) is 0 Å². The van der Waals surface area contributed by atoms with Crippen LogP contribution in [0.25, 0.3) is 4.13 Å². The first kappa shape index (κ1) is 23.5. The Bertz CT molecular complexity index is 704. The van der Waals surface area contributed by atoms with E-state index in [0.29, 0.717) is 0 Å². The third-order valence-electron chi connectivity index (χ3n) is 2.28. The van der Waals surface area contributed by atoms with Crippen LogP contribution < -0.4 is 4.57 Å². The van der Waals surface area contributed by atoms with Gasteiger partial charge in [-0.15, -0.1) is 0 Å². The first-order valence-corrected chi connectivity index (χ1v) is 8.78. The summed E-state index contributed by atoms with van der Waals surface area (Å²) < 4.78 is 116. The molecule has 0 saturated carbocycles. The van der Waals surface area contributed by atoms with Crippen molar-refractivity contribution in [3.05, 3.63) is 34.7 Å². The predicted molar refractivity (Wildman–Crippen MR) is 71.7 cm³/mol. The van der Waals surface area contributed by atoms with Crippen LogP contribution in [0.2, 0.25) is 0 Å². The molecule has 146 valence electrons. The molecule has 1 rings (SSSR count). The van der Waals surface area contributed by atoms with Crippen LogP contribution in [0.3, 0.4) is 0 Å². The van der Waals surface area contributed by atoms with Crippen LogP contribution in [-0.2, 0) is 24.8 Å². The molecular weight excluding hydrogens is 406 g/mol. The van der Waals surface area contributed by atoms with Crippen molar-refractivity contribution in [3.8, 4) is 0 Å². The molecule has 0 radical (unpaired) electrons. The number of pyridine rings is 1. The van der Waals surface area contributed by atoms with E-state index >= 15 is 0 Å². The minimum atomic E-state index is -6.72. The van der Waals surface area contributed by atoms with E-state index in [4.69, 9.17) is 4.74 Å². The number of nitrogens with zero attached hydrogens (tertiary/aromatic N) is 2. The average Bonchev–Trinajstić information content (AvgIpc) is 2.44. The maximum absolute atomic E-state index is 11.4. The van der Waals surface area contributed by atoms with Gasteiger partial charge in [0.2, 0.25) is 0 Å². The third kappa shape index (κ3) is 7.13. The molecule has 7 nitrogen and oxygen atoms in total. The first-order valence-electron chi connectivity index (χ1n) is 5.90. The number of hydrogen-bond acceptors (Lipinski definition) is 5. The van der Waals surface area contributed by atoms with E-state index in [9.17, 15) is 43.2 Å². The van der Waals surface area contributed by atoms with E-state index in [1.165, 1.54) is 0 Å². The predicted octanol–water partition coefficient (Wildman–Crippen LogP) is 2.20. The van der Waals surface area contributed by atoms with Crippen molar-refractivity contribution in [1.29, 1.82) is 0 Å². The lowest BCUT2D eigenvalue weighted by molar-refractivity contribution is -0.757. The van der Waals surface area contributed by atoms with Crippen LogP contribution in [0.1, 0.15) is 13.2 Å². The highest BCUT2D eigenvalue weighted by Crippen LogP contribution is 2.36. The molecule has 0 bridgehead atoms. The Kier molecular flexibility index (Phi) is 7.81. The SMILES string of the molecule is COC(C)[n+]1ccccc1.O=S(=O)([N-]S(=O)(=O)C(F)(F)F)C(F)(F)F. The van der Waals surface area contributed by atoms with Crippen LogP contribution in [0.5, 0.6) is 0 Å². The number of sulfonamides is 2. The summed E-state index contributed by atoms with van der Waals surface area (Å²) in [5.41, 5.74) is -12.4. The summed E-state index contributed by atoms with van der Waals surface area (Å²) in [6, 6.07) is 5.95. The van der Waals surface area contributed by atoms with Crippen molar-refractivity contribution in [2.45, 2.75) is 24.2 Å². The summed E-state index contributed by atoms with van der Waals surface area (Å²) in [5, 5.41) is 0. The van der Waals surface area contributed by atoms with Crippen molar-refractivity contribution in [3.63, 3.8) is 0 Å². The van der Waals surface area contributed by atoms with Crippen molar-refractivity contribution < 1.29 is 52.5 Å². The van der Waals surface area contributed by atoms with Crippen LogP contribution in [0, 0.1) is 0 Å². The van der Waals surface area contributed by atoms with Crippen LogP contribution in [0.4, 0.5) is 26.3 Å². The zero-order valence-corrected chi connectivity index (χ0v) is 14.1. The smallest absolute Gasteiger partial charge is 0.421 e. The van der Waals surface area contributed by atoms with E-state index in [-0.39, 0.29) is 6.23 Å². The normalized spacial score (nSPS) is 14.4. The number of aromatic nitrogens is 1. The Morgan fingerprint density at radius 3 is 1.52 bits per heavy atom. The highest BCUT2D eigenvalue weighted by molar-refractivity contribution is 8.13. The molecule has 0 aliphatic rings. The molecule has 0 fully saturated rings. The standard InChI is InChI=1S/C8H12NO.C2F6NO4S2/c1-8(10-2)9-6-4-3-5-7-9;3-1(4,5)14(10,11)9-15(12,13)2(6,7)8/h3-8H,1-2H3;/q+1;-1. The van der Waals surface area contributed by atoms with Crippen molar-refractivity contribution in [1.82, 2.24) is 0 Å². The number of hydrogen-bond donors (Lipinski definition) is 0. The Balaban J connectivity index is 0.000000496. The molecule has 1 unspecified atom stereocenters. The molecule has 15 heteroatoms. The third-order valence-corrected chi connectivity index (χ3v) is 5.02. The largest absolute Gasteiger partial charge is 0.480 e. The van der Waals surface area contributed by atoms with Gasteiger partial charge >= 0.3 is 11.0 Å². The molecule has 1 aromatic heterocycles. The molecule has 25 heavy (non-hydrogen) atoms. The van der Waals surface area contributed by atoms with E-state index in [1.807, 2.05) is 42.1 Å². The second-order valence-electron chi connectivity index (χ2n) is 4.07. The lowest BCUT2D eigenvalue weighted by Crippen LogP contribution is -2.37. The zero-order valence-electron chi connectivity index (χ0n) is 12.5. The Morgan fingerprint density at radius 1 is 0.880 bits per heavy atom. The quantitative estimate of drug-likeness (QED) is 0.552. The molecule has 0 spiro atoms. The van der Waals surface area contributed by atoms with Gasteiger partial charge in [-0.25, -0.2) is 16.8 Å². The topological polar surface area (TPSA) is 95.5 Å². The number of methoxy groups -OCH3 is 1. The lowest BCUT2D eigenvalue weighted by atomic mass is 10.5. The summed E-state index contributed by atoms with van der Waals surface area (Å²) in [7, 11) is -11.7. The Labute approximate surface area is 139 Å². The Morgan fingerprint density at radius 2 is 1.24 bits per heavy atom. The number of rotatable bonds is 4. The maximum atomic E-state index is 11.4. The maximum Gasteiger partial charge on any atom is 0.480 e. The molecule has 1 heterocycles. The minimum absolute atomic E-state index is 0.126. The average molecular weight is 418 g/mol. The summed E-state index contributed by atoms with van der Waals surface area (Å²) >= 11 is 0. The monoisotopic (exact) mass is 418 g/mol. The highest BCUT2D eigenvalue weighted by Gasteiger charge is 2.46. The Hall–Kier alpha value is -1.45. The fourth-order valence-electron chi connectivity index (χ4n) is 0.990. The van der Waals surface area contributed by atoms with E-state index in [1.54, 1.807) is 7.11 Å². The van der Waals surface area contributed by atoms with Crippen LogP contribution in [-0.4, -0.2) is 35.0 Å². The van der Waals surface area contributed by atoms with Crippen LogP contribution >= 0.6 is 0 Å². The summed E-state index contributed by atoms with van der Waals surface area (Å²) in [6.07, 6.45) is 4.09. The highest BCUT2D eigenvalue weighted by atomic mass is 32.3. The fourth-order valence-corrected chi connectivity index (χ4v) is 2.70. The van der Waals surface area contributed by atoms with Gasteiger partial charge < -0.3 is 8.86 Å². The number of ether oxygens (including phenoxy) is 1. The van der Waals surface area contributed by atoms with Gasteiger partial charge in [-0.1, -0.05) is 6.07 Å². The van der Waals surface area contributed by atoms with Gasteiger partial charge in [0.15, 0.2) is 32.4 Å². The molecule has 0 N–H and O–H groups in total. The second kappa shape index (κ2) is 8.29. The van der Waals surface area contributed by atoms with Gasteiger partial charge in [0, 0.05) is 26.2 Å². The number of halogens is 6. The van der Waals surface area contributed by atoms with Gasteiger partial charge in [-0.2, -0.15) is 30.9 Å². The lowest BCUT2D eigenvalue weighted by Gasteiger charge is -2.22. The molecule has 0 saturated heterocycles. The van der Waals surface area contributed by atoms with Gasteiger partial charge in [0.1, 0.15) is 0 Å². The minimum Gasteiger partial charge on any atom is -0.421 e. The first-order chi connectivity index (χ1) is 11.0. The molecule has 0 aliphatic carbocycles. The fraction of sp³-hybridized carbons (Fsp3) is 0.500. The summed E-state index contributed by atoms with van der Waals surface area (Å²) in [4.78, 5) is 0. The van der Waals surface area contributed by atoms with E-state index in [0.717, 1.165) is 4.13 Å². The van der Waals surface area contributed by atoms with Crippen molar-refractivity contribution in [2.75, 3.05) is 7.11 Å². The van der Waals surface area contributed by atoms with E-state index < -0.39 is 31.1 Å². The molecule has 1 aromatic rings. The molecular formula is C10H12F6N2O5S2. The van der Waals surface area contributed by atoms with E-state index in [2.05, 4.69) is 0 Å². The zero-order chi connectivity index (χ0) is 20.1. The second-order valence-corrected chi connectivity index (χ2v) is 7.50. The number of alkyl halides is 6. The van der Waals surface area contributed by atoms with Gasteiger partial charge in [0.25, 0.3) is 6.23 Å².